The topological polar surface area (TPSA) is 41.1 Å². The molecule has 0 aromatic heterocycles. The largest absolute Gasteiger partial charge is 0.352 e. The molecule has 2 fully saturated rings. The van der Waals surface area contributed by atoms with Crippen LogP contribution in [0.4, 0.5) is 0 Å². The molecule has 2 aliphatic heterocycles. The van der Waals surface area contributed by atoms with Crippen LogP contribution in [0.5, 0.6) is 0 Å². The van der Waals surface area contributed by atoms with Crippen molar-refractivity contribution in [3.8, 4) is 0 Å². The highest BCUT2D eigenvalue weighted by Gasteiger charge is 2.42. The second kappa shape index (κ2) is 4.49. The molecule has 3 rings (SSSR count). The number of carbonyl (C=O) groups is 1. The predicted molar refractivity (Wildman–Crippen MR) is 66.3 cm³/mol. The average molecular weight is 230 g/mol. The van der Waals surface area contributed by atoms with Gasteiger partial charge in [-0.05, 0) is 24.8 Å². The zero-order valence-corrected chi connectivity index (χ0v) is 9.86. The third kappa shape index (κ3) is 2.20. The lowest BCUT2D eigenvalue weighted by molar-refractivity contribution is -0.125. The maximum Gasteiger partial charge on any atom is 0.225 e. The molecule has 0 spiro atoms. The summed E-state index contributed by atoms with van der Waals surface area (Å²) in [6.07, 6.45) is 3.42. The van der Waals surface area contributed by atoms with E-state index in [2.05, 4.69) is 10.6 Å². The number of amides is 1. The molecule has 2 aliphatic rings. The van der Waals surface area contributed by atoms with Crippen LogP contribution < -0.4 is 10.6 Å². The van der Waals surface area contributed by atoms with Crippen molar-refractivity contribution < 1.29 is 4.79 Å². The minimum Gasteiger partial charge on any atom is -0.352 e. The van der Waals surface area contributed by atoms with Gasteiger partial charge in [0.25, 0.3) is 0 Å². The molecule has 0 saturated carbocycles. The Bertz CT molecular complexity index is 404. The Morgan fingerprint density at radius 3 is 2.76 bits per heavy atom. The summed E-state index contributed by atoms with van der Waals surface area (Å²) in [4.78, 5) is 12.1. The molecule has 3 atom stereocenters. The van der Waals surface area contributed by atoms with Gasteiger partial charge in [-0.1, -0.05) is 30.3 Å². The van der Waals surface area contributed by atoms with Crippen LogP contribution in [0.15, 0.2) is 30.3 Å². The molecular formula is C14H18N2O. The number of fused-ring (bicyclic) bond motifs is 2. The van der Waals surface area contributed by atoms with Crippen LogP contribution >= 0.6 is 0 Å². The lowest BCUT2D eigenvalue weighted by Crippen LogP contribution is -2.37. The molecule has 90 valence electrons. The Hall–Kier alpha value is -1.35. The lowest BCUT2D eigenvalue weighted by Gasteiger charge is -2.19. The molecule has 2 saturated heterocycles. The summed E-state index contributed by atoms with van der Waals surface area (Å²) >= 11 is 0. The van der Waals surface area contributed by atoms with Crippen molar-refractivity contribution in [3.63, 3.8) is 0 Å². The predicted octanol–water partition coefficient (Wildman–Crippen LogP) is 1.44. The SMILES string of the molecule is O=C(NCc1ccccc1)C1CC2CCC1N2. The Morgan fingerprint density at radius 1 is 1.29 bits per heavy atom. The molecule has 2 heterocycles. The number of nitrogens with one attached hydrogen (secondary N) is 2. The van der Waals surface area contributed by atoms with E-state index in [-0.39, 0.29) is 11.8 Å². The maximum absolute atomic E-state index is 12.1. The van der Waals surface area contributed by atoms with E-state index in [1.54, 1.807) is 0 Å². The molecule has 1 aromatic carbocycles. The fraction of sp³-hybridized carbons (Fsp3) is 0.500. The van der Waals surface area contributed by atoms with Gasteiger partial charge in [-0.2, -0.15) is 0 Å². The Labute approximate surface area is 102 Å². The molecular weight excluding hydrogens is 212 g/mol. The first-order valence-corrected chi connectivity index (χ1v) is 6.40. The van der Waals surface area contributed by atoms with E-state index in [1.165, 1.54) is 6.42 Å². The van der Waals surface area contributed by atoms with Crippen molar-refractivity contribution in [2.75, 3.05) is 0 Å². The number of hydrogen-bond acceptors (Lipinski definition) is 2. The second-order valence-corrected chi connectivity index (χ2v) is 5.09. The first-order chi connectivity index (χ1) is 8.33. The summed E-state index contributed by atoms with van der Waals surface area (Å²) in [5, 5.41) is 6.54. The number of carbonyl (C=O) groups excluding carboxylic acids is 1. The zero-order chi connectivity index (χ0) is 11.7. The van der Waals surface area contributed by atoms with Gasteiger partial charge in [0.2, 0.25) is 5.91 Å². The quantitative estimate of drug-likeness (QED) is 0.825. The van der Waals surface area contributed by atoms with Crippen LogP contribution in [0.25, 0.3) is 0 Å². The van der Waals surface area contributed by atoms with Crippen molar-refractivity contribution in [2.24, 2.45) is 5.92 Å². The van der Waals surface area contributed by atoms with Gasteiger partial charge < -0.3 is 10.6 Å². The number of benzene rings is 1. The van der Waals surface area contributed by atoms with Crippen LogP contribution in [0.1, 0.15) is 24.8 Å². The zero-order valence-electron chi connectivity index (χ0n) is 9.86. The standard InChI is InChI=1S/C14H18N2O/c17-14(12-8-11-6-7-13(12)16-11)15-9-10-4-2-1-3-5-10/h1-5,11-13,16H,6-9H2,(H,15,17). The van der Waals surface area contributed by atoms with E-state index in [4.69, 9.17) is 0 Å². The van der Waals surface area contributed by atoms with Crippen LogP contribution in [0, 0.1) is 5.92 Å². The van der Waals surface area contributed by atoms with Gasteiger partial charge in [-0.15, -0.1) is 0 Å². The van der Waals surface area contributed by atoms with E-state index in [9.17, 15) is 4.79 Å². The normalized spacial score (nSPS) is 30.5. The molecule has 0 radical (unpaired) electrons. The van der Waals surface area contributed by atoms with Crippen LogP contribution in [0.3, 0.4) is 0 Å². The van der Waals surface area contributed by atoms with E-state index in [1.807, 2.05) is 30.3 Å². The van der Waals surface area contributed by atoms with E-state index >= 15 is 0 Å². The van der Waals surface area contributed by atoms with Crippen LogP contribution in [0.2, 0.25) is 0 Å². The van der Waals surface area contributed by atoms with Gasteiger partial charge in [0.05, 0.1) is 5.92 Å². The Kier molecular flexibility index (Phi) is 2.85. The summed E-state index contributed by atoms with van der Waals surface area (Å²) < 4.78 is 0. The number of hydrogen-bond donors (Lipinski definition) is 2. The van der Waals surface area contributed by atoms with E-state index < -0.39 is 0 Å². The van der Waals surface area contributed by atoms with Crippen molar-refractivity contribution in [3.05, 3.63) is 35.9 Å². The summed E-state index contributed by atoms with van der Waals surface area (Å²) in [7, 11) is 0. The molecule has 3 heteroatoms. The highest BCUT2D eigenvalue weighted by atomic mass is 16.1. The molecule has 1 amide bonds. The molecule has 3 unspecified atom stereocenters. The fourth-order valence-electron chi connectivity index (χ4n) is 3.03. The fourth-order valence-corrected chi connectivity index (χ4v) is 3.03. The third-order valence-electron chi connectivity index (χ3n) is 3.95. The Morgan fingerprint density at radius 2 is 2.12 bits per heavy atom. The highest BCUT2D eigenvalue weighted by molar-refractivity contribution is 5.80. The summed E-state index contributed by atoms with van der Waals surface area (Å²) in [6.45, 7) is 0.646. The van der Waals surface area contributed by atoms with E-state index in [0.29, 0.717) is 18.6 Å². The molecule has 17 heavy (non-hydrogen) atoms. The van der Waals surface area contributed by atoms with Gasteiger partial charge in [0, 0.05) is 18.6 Å². The molecule has 2 N–H and O–H groups in total. The molecule has 2 bridgehead atoms. The van der Waals surface area contributed by atoms with E-state index in [0.717, 1.165) is 18.4 Å². The van der Waals surface area contributed by atoms with Gasteiger partial charge in [0.1, 0.15) is 0 Å². The first kappa shape index (κ1) is 10.8. The van der Waals surface area contributed by atoms with Gasteiger partial charge in [0.15, 0.2) is 0 Å². The monoisotopic (exact) mass is 230 g/mol. The second-order valence-electron chi connectivity index (χ2n) is 5.09. The first-order valence-electron chi connectivity index (χ1n) is 6.40. The smallest absolute Gasteiger partial charge is 0.225 e. The van der Waals surface area contributed by atoms with Gasteiger partial charge in [-0.3, -0.25) is 4.79 Å². The summed E-state index contributed by atoms with van der Waals surface area (Å²) in [6, 6.07) is 11.1. The minimum absolute atomic E-state index is 0.192. The summed E-state index contributed by atoms with van der Waals surface area (Å²) in [5.41, 5.74) is 1.16. The summed E-state index contributed by atoms with van der Waals surface area (Å²) in [5.74, 6) is 0.408. The van der Waals surface area contributed by atoms with Gasteiger partial charge in [-0.25, -0.2) is 0 Å². The molecule has 1 aromatic rings. The number of rotatable bonds is 3. The minimum atomic E-state index is 0.192. The lowest BCUT2D eigenvalue weighted by atomic mass is 9.88. The van der Waals surface area contributed by atoms with Crippen molar-refractivity contribution in [2.45, 2.75) is 37.9 Å². The average Bonchev–Trinajstić information content (AvgIpc) is 2.99. The van der Waals surface area contributed by atoms with Crippen molar-refractivity contribution >= 4 is 5.91 Å². The molecule has 3 nitrogen and oxygen atoms in total. The van der Waals surface area contributed by atoms with Gasteiger partial charge >= 0.3 is 0 Å². The Balaban J connectivity index is 1.54. The molecule has 0 aliphatic carbocycles. The van der Waals surface area contributed by atoms with Crippen molar-refractivity contribution in [1.82, 2.24) is 10.6 Å². The van der Waals surface area contributed by atoms with Crippen LogP contribution in [-0.2, 0) is 11.3 Å². The third-order valence-corrected chi connectivity index (χ3v) is 3.95. The van der Waals surface area contributed by atoms with Crippen molar-refractivity contribution in [1.29, 1.82) is 0 Å². The highest BCUT2D eigenvalue weighted by Crippen LogP contribution is 2.33. The van der Waals surface area contributed by atoms with Crippen LogP contribution in [-0.4, -0.2) is 18.0 Å². The maximum atomic E-state index is 12.1.